The molecule has 1 N–H and O–H groups in total. The largest absolute Gasteiger partial charge is 0.377 e. The Morgan fingerprint density at radius 3 is 2.47 bits per heavy atom. The standard InChI is InChI=1S/C14H28N2O/c1-3-9-15-13-5-10-16(11-6-13)12-14(17-2)7-4-8-14/h13,15H,3-12H2,1-2H3. The van der Waals surface area contributed by atoms with Crippen molar-refractivity contribution in [1.29, 1.82) is 0 Å². The zero-order chi connectivity index (χ0) is 12.1. The van der Waals surface area contributed by atoms with Crippen LogP contribution in [-0.4, -0.2) is 49.8 Å². The molecule has 1 saturated heterocycles. The Balaban J connectivity index is 1.68. The molecule has 17 heavy (non-hydrogen) atoms. The number of piperidine rings is 1. The van der Waals surface area contributed by atoms with E-state index in [0.29, 0.717) is 0 Å². The fourth-order valence-corrected chi connectivity index (χ4v) is 3.05. The first-order valence-electron chi connectivity index (χ1n) is 7.29. The van der Waals surface area contributed by atoms with Gasteiger partial charge in [0.2, 0.25) is 0 Å². The molecule has 3 nitrogen and oxygen atoms in total. The van der Waals surface area contributed by atoms with Gasteiger partial charge in [-0.25, -0.2) is 0 Å². The molecule has 2 rings (SSSR count). The highest BCUT2D eigenvalue weighted by Crippen LogP contribution is 2.36. The summed E-state index contributed by atoms with van der Waals surface area (Å²) in [5.74, 6) is 0. The normalized spacial score (nSPS) is 25.8. The van der Waals surface area contributed by atoms with Gasteiger partial charge in [-0.3, -0.25) is 0 Å². The van der Waals surface area contributed by atoms with E-state index in [9.17, 15) is 0 Å². The summed E-state index contributed by atoms with van der Waals surface area (Å²) in [6.07, 6.45) is 7.73. The minimum absolute atomic E-state index is 0.212. The van der Waals surface area contributed by atoms with Crippen LogP contribution in [0.2, 0.25) is 0 Å². The minimum Gasteiger partial charge on any atom is -0.377 e. The van der Waals surface area contributed by atoms with E-state index < -0.39 is 0 Å². The van der Waals surface area contributed by atoms with E-state index in [1.54, 1.807) is 0 Å². The lowest BCUT2D eigenvalue weighted by Crippen LogP contribution is -2.52. The maximum atomic E-state index is 5.71. The molecule has 0 radical (unpaired) electrons. The molecular weight excluding hydrogens is 212 g/mol. The molecule has 1 heterocycles. The monoisotopic (exact) mass is 240 g/mol. The van der Waals surface area contributed by atoms with Crippen molar-refractivity contribution >= 4 is 0 Å². The van der Waals surface area contributed by atoms with Crippen molar-refractivity contribution in [3.8, 4) is 0 Å². The van der Waals surface area contributed by atoms with Crippen LogP contribution in [0.25, 0.3) is 0 Å². The van der Waals surface area contributed by atoms with Crippen LogP contribution in [-0.2, 0) is 4.74 Å². The van der Waals surface area contributed by atoms with Gasteiger partial charge >= 0.3 is 0 Å². The maximum absolute atomic E-state index is 5.71. The average Bonchev–Trinajstić information content (AvgIpc) is 2.33. The predicted octanol–water partition coefficient (Wildman–Crippen LogP) is 2.02. The first-order valence-corrected chi connectivity index (χ1v) is 7.29. The van der Waals surface area contributed by atoms with Gasteiger partial charge in [-0.15, -0.1) is 0 Å². The van der Waals surface area contributed by atoms with Crippen molar-refractivity contribution in [2.45, 2.75) is 57.1 Å². The molecular formula is C14H28N2O. The molecule has 0 unspecified atom stereocenters. The summed E-state index contributed by atoms with van der Waals surface area (Å²) < 4.78 is 5.71. The Morgan fingerprint density at radius 2 is 2.00 bits per heavy atom. The molecule has 0 aromatic rings. The summed E-state index contributed by atoms with van der Waals surface area (Å²) in [6, 6.07) is 0.756. The van der Waals surface area contributed by atoms with Crippen LogP contribution >= 0.6 is 0 Å². The number of hydrogen-bond acceptors (Lipinski definition) is 3. The number of nitrogens with zero attached hydrogens (tertiary/aromatic N) is 1. The zero-order valence-corrected chi connectivity index (χ0v) is 11.5. The summed E-state index contributed by atoms with van der Waals surface area (Å²) >= 11 is 0. The van der Waals surface area contributed by atoms with Gasteiger partial charge in [-0.1, -0.05) is 6.92 Å². The van der Waals surface area contributed by atoms with Crippen LogP contribution in [0, 0.1) is 0 Å². The second-order valence-electron chi connectivity index (χ2n) is 5.75. The fourth-order valence-electron chi connectivity index (χ4n) is 3.05. The lowest BCUT2D eigenvalue weighted by molar-refractivity contribution is -0.0941. The summed E-state index contributed by atoms with van der Waals surface area (Å²) in [7, 11) is 1.88. The van der Waals surface area contributed by atoms with E-state index in [0.717, 1.165) is 12.6 Å². The Bertz CT molecular complexity index is 215. The van der Waals surface area contributed by atoms with Gasteiger partial charge in [0.15, 0.2) is 0 Å². The average molecular weight is 240 g/mol. The molecule has 1 aliphatic carbocycles. The Hall–Kier alpha value is -0.120. The smallest absolute Gasteiger partial charge is 0.0805 e. The van der Waals surface area contributed by atoms with Crippen LogP contribution in [0.1, 0.15) is 45.4 Å². The number of methoxy groups -OCH3 is 1. The van der Waals surface area contributed by atoms with Crippen LogP contribution < -0.4 is 5.32 Å². The lowest BCUT2D eigenvalue weighted by atomic mass is 9.79. The fraction of sp³-hybridized carbons (Fsp3) is 1.00. The van der Waals surface area contributed by atoms with Crippen molar-refractivity contribution in [1.82, 2.24) is 10.2 Å². The summed E-state index contributed by atoms with van der Waals surface area (Å²) in [5.41, 5.74) is 0.212. The summed E-state index contributed by atoms with van der Waals surface area (Å²) in [5, 5.41) is 3.64. The number of ether oxygens (including phenoxy) is 1. The van der Waals surface area contributed by atoms with E-state index in [2.05, 4.69) is 17.1 Å². The molecule has 1 aliphatic heterocycles. The van der Waals surface area contributed by atoms with Crippen molar-refractivity contribution in [2.75, 3.05) is 33.3 Å². The molecule has 0 aromatic carbocycles. The van der Waals surface area contributed by atoms with Crippen LogP contribution in [0.4, 0.5) is 0 Å². The first kappa shape index (κ1) is 13.3. The highest BCUT2D eigenvalue weighted by molar-refractivity contribution is 4.93. The molecule has 0 atom stereocenters. The van der Waals surface area contributed by atoms with E-state index in [1.165, 1.54) is 58.2 Å². The summed E-state index contributed by atoms with van der Waals surface area (Å²) in [4.78, 5) is 2.60. The van der Waals surface area contributed by atoms with Crippen molar-refractivity contribution in [3.05, 3.63) is 0 Å². The quantitative estimate of drug-likeness (QED) is 0.769. The number of rotatable bonds is 6. The van der Waals surface area contributed by atoms with Gasteiger partial charge in [0, 0.05) is 19.7 Å². The SMILES string of the molecule is CCCNC1CCN(CC2(OC)CCC2)CC1. The van der Waals surface area contributed by atoms with Crippen LogP contribution in [0.5, 0.6) is 0 Å². The van der Waals surface area contributed by atoms with E-state index >= 15 is 0 Å². The van der Waals surface area contributed by atoms with E-state index in [-0.39, 0.29) is 5.60 Å². The highest BCUT2D eigenvalue weighted by Gasteiger charge is 2.39. The molecule has 0 bridgehead atoms. The molecule has 0 spiro atoms. The van der Waals surface area contributed by atoms with Gasteiger partial charge in [-0.2, -0.15) is 0 Å². The first-order chi connectivity index (χ1) is 8.28. The Morgan fingerprint density at radius 1 is 1.29 bits per heavy atom. The van der Waals surface area contributed by atoms with Crippen LogP contribution in [0.3, 0.4) is 0 Å². The Labute approximate surface area is 106 Å². The van der Waals surface area contributed by atoms with Gasteiger partial charge in [0.25, 0.3) is 0 Å². The predicted molar refractivity (Wildman–Crippen MR) is 71.3 cm³/mol. The molecule has 1 saturated carbocycles. The zero-order valence-electron chi connectivity index (χ0n) is 11.5. The van der Waals surface area contributed by atoms with Gasteiger partial charge < -0.3 is 15.0 Å². The van der Waals surface area contributed by atoms with Gasteiger partial charge in [0.1, 0.15) is 0 Å². The highest BCUT2D eigenvalue weighted by atomic mass is 16.5. The number of likely N-dealkylation sites (tertiary alicyclic amines) is 1. The second kappa shape index (κ2) is 6.17. The van der Waals surface area contributed by atoms with Crippen molar-refractivity contribution < 1.29 is 4.74 Å². The minimum atomic E-state index is 0.212. The molecule has 0 amide bonds. The van der Waals surface area contributed by atoms with E-state index in [4.69, 9.17) is 4.74 Å². The third kappa shape index (κ3) is 3.43. The van der Waals surface area contributed by atoms with Gasteiger partial charge in [0.05, 0.1) is 5.60 Å². The lowest BCUT2D eigenvalue weighted by Gasteiger charge is -2.45. The van der Waals surface area contributed by atoms with E-state index in [1.807, 2.05) is 7.11 Å². The molecule has 2 aliphatic rings. The molecule has 2 fully saturated rings. The topological polar surface area (TPSA) is 24.5 Å². The third-order valence-corrected chi connectivity index (χ3v) is 4.48. The molecule has 0 aromatic heterocycles. The molecule has 3 heteroatoms. The third-order valence-electron chi connectivity index (χ3n) is 4.48. The van der Waals surface area contributed by atoms with Crippen molar-refractivity contribution in [2.24, 2.45) is 0 Å². The molecule has 100 valence electrons. The van der Waals surface area contributed by atoms with Crippen LogP contribution in [0.15, 0.2) is 0 Å². The summed E-state index contributed by atoms with van der Waals surface area (Å²) in [6.45, 7) is 7.05. The Kier molecular flexibility index (Phi) is 4.83. The van der Waals surface area contributed by atoms with Crippen molar-refractivity contribution in [3.63, 3.8) is 0 Å². The number of hydrogen-bond donors (Lipinski definition) is 1. The maximum Gasteiger partial charge on any atom is 0.0805 e. The van der Waals surface area contributed by atoms with Gasteiger partial charge in [-0.05, 0) is 58.2 Å². The second-order valence-corrected chi connectivity index (χ2v) is 5.75. The number of nitrogens with one attached hydrogen (secondary N) is 1.